The Morgan fingerprint density at radius 1 is 0.966 bits per heavy atom. The maximum Gasteiger partial charge on any atom is 0.175 e. The lowest BCUT2D eigenvalue weighted by Crippen LogP contribution is -2.04. The first-order chi connectivity index (χ1) is 14.0. The fraction of sp³-hybridized carbons (Fsp3) is 0.182. The van der Waals surface area contributed by atoms with Crippen LogP contribution in [0.5, 0.6) is 11.5 Å². The van der Waals surface area contributed by atoms with Gasteiger partial charge in [-0.2, -0.15) is 0 Å². The molecule has 0 bridgehead atoms. The molecule has 0 saturated heterocycles. The largest absolute Gasteiger partial charge is 0.490 e. The Kier molecular flexibility index (Phi) is 7.34. The standard InChI is InChI=1S/C22H19BrClF2NO2/c1-2-28-21-10-15(12-27-17-7-8-20(26)19(24)11-17)9-18(23)22(21)29-13-14-3-5-16(25)6-4-14/h3-11,27H,2,12-13H2,1H3. The fourth-order valence-corrected chi connectivity index (χ4v) is 3.46. The Morgan fingerprint density at radius 3 is 2.41 bits per heavy atom. The second-order valence-corrected chi connectivity index (χ2v) is 7.50. The minimum atomic E-state index is -0.457. The molecule has 3 nitrogen and oxygen atoms in total. The molecule has 3 aromatic carbocycles. The Bertz CT molecular complexity index is 983. The summed E-state index contributed by atoms with van der Waals surface area (Å²) in [6.07, 6.45) is 0. The first-order valence-electron chi connectivity index (χ1n) is 8.97. The maximum atomic E-state index is 13.3. The lowest BCUT2D eigenvalue weighted by molar-refractivity contribution is 0.267. The van der Waals surface area contributed by atoms with Gasteiger partial charge in [-0.3, -0.25) is 0 Å². The second-order valence-electron chi connectivity index (χ2n) is 6.24. The van der Waals surface area contributed by atoms with E-state index in [1.807, 2.05) is 19.1 Å². The van der Waals surface area contributed by atoms with Crippen molar-refractivity contribution in [1.29, 1.82) is 0 Å². The van der Waals surface area contributed by atoms with Gasteiger partial charge in [-0.15, -0.1) is 0 Å². The van der Waals surface area contributed by atoms with Crippen molar-refractivity contribution in [3.05, 3.63) is 86.9 Å². The minimum Gasteiger partial charge on any atom is -0.490 e. The minimum absolute atomic E-state index is 0.0655. The van der Waals surface area contributed by atoms with Gasteiger partial charge in [0.15, 0.2) is 11.5 Å². The molecule has 0 atom stereocenters. The summed E-state index contributed by atoms with van der Waals surface area (Å²) >= 11 is 9.36. The van der Waals surface area contributed by atoms with Crippen LogP contribution >= 0.6 is 27.5 Å². The number of ether oxygens (including phenoxy) is 2. The molecule has 0 fully saturated rings. The van der Waals surface area contributed by atoms with Crippen LogP contribution in [0, 0.1) is 11.6 Å². The number of anilines is 1. The smallest absolute Gasteiger partial charge is 0.175 e. The van der Waals surface area contributed by atoms with Gasteiger partial charge in [-0.05, 0) is 76.4 Å². The van der Waals surface area contributed by atoms with E-state index in [1.54, 1.807) is 18.2 Å². The molecule has 0 aromatic heterocycles. The maximum absolute atomic E-state index is 13.3. The number of rotatable bonds is 8. The second kappa shape index (κ2) is 9.94. The molecule has 0 spiro atoms. The molecular formula is C22H19BrClF2NO2. The molecule has 0 radical (unpaired) electrons. The van der Waals surface area contributed by atoms with E-state index < -0.39 is 5.82 Å². The van der Waals surface area contributed by atoms with E-state index >= 15 is 0 Å². The Labute approximate surface area is 181 Å². The van der Waals surface area contributed by atoms with Crippen LogP contribution in [0.1, 0.15) is 18.1 Å². The Balaban J connectivity index is 1.74. The van der Waals surface area contributed by atoms with Gasteiger partial charge in [0.05, 0.1) is 16.1 Å². The highest BCUT2D eigenvalue weighted by atomic mass is 79.9. The normalized spacial score (nSPS) is 10.7. The summed E-state index contributed by atoms with van der Waals surface area (Å²) in [6, 6.07) is 14.4. The van der Waals surface area contributed by atoms with Crippen molar-refractivity contribution in [2.75, 3.05) is 11.9 Å². The summed E-state index contributed by atoms with van der Waals surface area (Å²) in [7, 11) is 0. The van der Waals surface area contributed by atoms with Crippen molar-refractivity contribution in [2.24, 2.45) is 0 Å². The van der Waals surface area contributed by atoms with E-state index in [0.717, 1.165) is 15.6 Å². The van der Waals surface area contributed by atoms with Crippen LogP contribution < -0.4 is 14.8 Å². The zero-order valence-electron chi connectivity index (χ0n) is 15.6. The zero-order chi connectivity index (χ0) is 20.8. The van der Waals surface area contributed by atoms with Crippen LogP contribution in [0.2, 0.25) is 5.02 Å². The van der Waals surface area contributed by atoms with E-state index in [2.05, 4.69) is 21.2 Å². The SMILES string of the molecule is CCOc1cc(CNc2ccc(F)c(Cl)c2)cc(Br)c1OCc1ccc(F)cc1. The summed E-state index contributed by atoms with van der Waals surface area (Å²) in [5.74, 6) is 0.424. The third-order valence-electron chi connectivity index (χ3n) is 4.08. The van der Waals surface area contributed by atoms with Crippen molar-refractivity contribution in [3.63, 3.8) is 0 Å². The highest BCUT2D eigenvalue weighted by molar-refractivity contribution is 9.10. The van der Waals surface area contributed by atoms with Gasteiger partial charge in [0.1, 0.15) is 18.2 Å². The molecule has 3 rings (SSSR count). The van der Waals surface area contributed by atoms with Gasteiger partial charge in [0.2, 0.25) is 0 Å². The van der Waals surface area contributed by atoms with E-state index in [1.165, 1.54) is 24.3 Å². The summed E-state index contributed by atoms with van der Waals surface area (Å²) in [6.45, 7) is 3.14. The zero-order valence-corrected chi connectivity index (χ0v) is 18.0. The number of nitrogens with one attached hydrogen (secondary N) is 1. The van der Waals surface area contributed by atoms with E-state index in [0.29, 0.717) is 30.3 Å². The van der Waals surface area contributed by atoms with E-state index in [4.69, 9.17) is 21.1 Å². The van der Waals surface area contributed by atoms with E-state index in [9.17, 15) is 8.78 Å². The van der Waals surface area contributed by atoms with Crippen LogP contribution in [0.15, 0.2) is 59.1 Å². The van der Waals surface area contributed by atoms with Gasteiger partial charge >= 0.3 is 0 Å². The van der Waals surface area contributed by atoms with Gasteiger partial charge in [-0.1, -0.05) is 23.7 Å². The van der Waals surface area contributed by atoms with Crippen molar-refractivity contribution in [3.8, 4) is 11.5 Å². The molecule has 29 heavy (non-hydrogen) atoms. The van der Waals surface area contributed by atoms with Crippen LogP contribution in [-0.2, 0) is 13.2 Å². The summed E-state index contributed by atoms with van der Waals surface area (Å²) in [4.78, 5) is 0. The average Bonchev–Trinajstić information content (AvgIpc) is 2.70. The molecule has 7 heteroatoms. The summed E-state index contributed by atoms with van der Waals surface area (Å²) < 4.78 is 38.8. The highest BCUT2D eigenvalue weighted by Gasteiger charge is 2.13. The summed E-state index contributed by atoms with van der Waals surface area (Å²) in [5.41, 5.74) is 2.50. The number of halogens is 4. The highest BCUT2D eigenvalue weighted by Crippen LogP contribution is 2.37. The quantitative estimate of drug-likeness (QED) is 0.376. The van der Waals surface area contributed by atoms with Gasteiger partial charge in [0, 0.05) is 12.2 Å². The lowest BCUT2D eigenvalue weighted by Gasteiger charge is -2.16. The van der Waals surface area contributed by atoms with Gasteiger partial charge < -0.3 is 14.8 Å². The molecule has 152 valence electrons. The Hall–Kier alpha value is -2.31. The molecule has 1 N–H and O–H groups in total. The molecule has 0 aliphatic heterocycles. The fourth-order valence-electron chi connectivity index (χ4n) is 2.67. The average molecular weight is 483 g/mol. The third kappa shape index (κ3) is 5.84. The van der Waals surface area contributed by atoms with Crippen molar-refractivity contribution in [1.82, 2.24) is 0 Å². The predicted octanol–water partition coefficient (Wildman–Crippen LogP) is 6.97. The first-order valence-corrected chi connectivity index (χ1v) is 10.1. The Morgan fingerprint density at radius 2 is 1.72 bits per heavy atom. The van der Waals surface area contributed by atoms with Crippen molar-refractivity contribution in [2.45, 2.75) is 20.1 Å². The van der Waals surface area contributed by atoms with Crippen molar-refractivity contribution >= 4 is 33.2 Å². The van der Waals surface area contributed by atoms with Crippen LogP contribution in [0.4, 0.5) is 14.5 Å². The van der Waals surface area contributed by atoms with Crippen LogP contribution in [0.25, 0.3) is 0 Å². The number of hydrogen-bond donors (Lipinski definition) is 1. The van der Waals surface area contributed by atoms with Gasteiger partial charge in [0.25, 0.3) is 0 Å². The number of hydrogen-bond acceptors (Lipinski definition) is 3. The van der Waals surface area contributed by atoms with Gasteiger partial charge in [-0.25, -0.2) is 8.78 Å². The topological polar surface area (TPSA) is 30.5 Å². The number of benzene rings is 3. The van der Waals surface area contributed by atoms with E-state index in [-0.39, 0.29) is 17.4 Å². The molecule has 0 aliphatic rings. The monoisotopic (exact) mass is 481 g/mol. The van der Waals surface area contributed by atoms with Crippen LogP contribution in [0.3, 0.4) is 0 Å². The third-order valence-corrected chi connectivity index (χ3v) is 4.96. The van der Waals surface area contributed by atoms with Crippen LogP contribution in [-0.4, -0.2) is 6.61 Å². The molecule has 0 heterocycles. The molecule has 0 saturated carbocycles. The molecular weight excluding hydrogens is 464 g/mol. The van der Waals surface area contributed by atoms with Crippen molar-refractivity contribution < 1.29 is 18.3 Å². The summed E-state index contributed by atoms with van der Waals surface area (Å²) in [5, 5.41) is 3.27. The lowest BCUT2D eigenvalue weighted by atomic mass is 10.2. The molecule has 3 aromatic rings. The first kappa shape index (κ1) is 21.4. The molecule has 0 amide bonds. The molecule has 0 unspecified atom stereocenters. The molecule has 0 aliphatic carbocycles. The predicted molar refractivity (Wildman–Crippen MR) is 115 cm³/mol.